The minimum absolute atomic E-state index is 0.0208. The number of aromatic hydroxyl groups is 1. The van der Waals surface area contributed by atoms with E-state index >= 15 is 0 Å². The second-order valence-corrected chi connectivity index (χ2v) is 3.89. The Morgan fingerprint density at radius 1 is 1.31 bits per heavy atom. The average molecular weight is 231 g/mol. The molecule has 88 valence electrons. The van der Waals surface area contributed by atoms with E-state index in [1.54, 1.807) is 0 Å². The average Bonchev–Trinajstić information content (AvgIpc) is 2.68. The predicted molar refractivity (Wildman–Crippen MR) is 53.1 cm³/mol. The number of rotatable bonds is 1. The molecule has 1 heterocycles. The number of phenolic OH excluding ortho intramolecular Hbond substituents is 1. The van der Waals surface area contributed by atoms with Crippen LogP contribution in [0.25, 0.3) is 0 Å². The number of phenols is 1. The number of hydrogen-bond donors (Lipinski definition) is 2. The van der Waals surface area contributed by atoms with E-state index < -0.39 is 17.8 Å². The molecule has 16 heavy (non-hydrogen) atoms. The van der Waals surface area contributed by atoms with Gasteiger partial charge >= 0.3 is 6.18 Å². The van der Waals surface area contributed by atoms with Gasteiger partial charge in [0.1, 0.15) is 5.75 Å². The van der Waals surface area contributed by atoms with Crippen molar-refractivity contribution < 1.29 is 18.3 Å². The molecule has 1 aromatic carbocycles. The molecule has 1 unspecified atom stereocenters. The van der Waals surface area contributed by atoms with E-state index in [-0.39, 0.29) is 11.3 Å². The second-order valence-electron chi connectivity index (χ2n) is 3.89. The number of alkyl halides is 3. The fourth-order valence-electron chi connectivity index (χ4n) is 2.10. The van der Waals surface area contributed by atoms with Gasteiger partial charge in [-0.15, -0.1) is 0 Å². The molecule has 1 saturated heterocycles. The lowest BCUT2D eigenvalue weighted by molar-refractivity contribution is -0.138. The first-order valence-corrected chi connectivity index (χ1v) is 5.12. The minimum Gasteiger partial charge on any atom is -0.508 e. The molecule has 0 bridgehead atoms. The molecule has 0 radical (unpaired) electrons. The van der Waals surface area contributed by atoms with Crippen LogP contribution in [-0.4, -0.2) is 11.7 Å². The Bertz CT molecular complexity index is 383. The molecule has 5 heteroatoms. The van der Waals surface area contributed by atoms with Crippen LogP contribution in [0.4, 0.5) is 13.2 Å². The predicted octanol–water partition coefficient (Wildman–Crippen LogP) is 2.84. The molecule has 0 saturated carbocycles. The van der Waals surface area contributed by atoms with Crippen molar-refractivity contribution in [3.05, 3.63) is 29.3 Å². The number of halogens is 3. The summed E-state index contributed by atoms with van der Waals surface area (Å²) in [6, 6.07) is 3.13. The summed E-state index contributed by atoms with van der Waals surface area (Å²) in [6.07, 6.45) is -2.96. The Morgan fingerprint density at radius 3 is 2.62 bits per heavy atom. The summed E-state index contributed by atoms with van der Waals surface area (Å²) in [5, 5.41) is 12.5. The second kappa shape index (κ2) is 3.97. The van der Waals surface area contributed by atoms with Crippen molar-refractivity contribution in [1.82, 2.24) is 5.32 Å². The minimum atomic E-state index is -4.42. The molecule has 0 aliphatic carbocycles. The molecule has 2 nitrogen and oxygen atoms in total. The smallest absolute Gasteiger partial charge is 0.416 e. The number of nitrogens with one attached hydrogen (secondary N) is 1. The van der Waals surface area contributed by atoms with Crippen molar-refractivity contribution in [2.24, 2.45) is 0 Å². The standard InChI is InChI=1S/C11H12F3NO/c12-11(13,14)7-3-1-5-9(16)10(7)8-4-2-6-15-8/h1,3,5,8,15-16H,2,4,6H2. The fourth-order valence-corrected chi connectivity index (χ4v) is 2.10. The van der Waals surface area contributed by atoms with Crippen LogP contribution >= 0.6 is 0 Å². The van der Waals surface area contributed by atoms with Crippen molar-refractivity contribution in [3.8, 4) is 5.75 Å². The molecule has 0 aromatic heterocycles. The Kier molecular flexibility index (Phi) is 2.80. The third-order valence-electron chi connectivity index (χ3n) is 2.80. The summed E-state index contributed by atoms with van der Waals surface area (Å²) in [7, 11) is 0. The lowest BCUT2D eigenvalue weighted by atomic mass is 9.97. The van der Waals surface area contributed by atoms with Gasteiger partial charge in [0.15, 0.2) is 0 Å². The summed E-state index contributed by atoms with van der Waals surface area (Å²) < 4.78 is 38.2. The SMILES string of the molecule is Oc1cccc(C(F)(F)F)c1C1CCCN1. The summed E-state index contributed by atoms with van der Waals surface area (Å²) in [6.45, 7) is 0.691. The van der Waals surface area contributed by atoms with Crippen molar-refractivity contribution in [1.29, 1.82) is 0 Å². The summed E-state index contributed by atoms with van der Waals surface area (Å²) in [5.41, 5.74) is -0.764. The van der Waals surface area contributed by atoms with E-state index in [2.05, 4.69) is 5.32 Å². The highest BCUT2D eigenvalue weighted by Gasteiger charge is 2.37. The van der Waals surface area contributed by atoms with Crippen molar-refractivity contribution in [3.63, 3.8) is 0 Å². The van der Waals surface area contributed by atoms with E-state index in [9.17, 15) is 18.3 Å². The Hall–Kier alpha value is -1.23. The highest BCUT2D eigenvalue weighted by Crippen LogP contribution is 2.40. The zero-order chi connectivity index (χ0) is 11.8. The lowest BCUT2D eigenvalue weighted by Gasteiger charge is -2.19. The summed E-state index contributed by atoms with van der Waals surface area (Å²) >= 11 is 0. The topological polar surface area (TPSA) is 32.3 Å². The van der Waals surface area contributed by atoms with E-state index in [1.807, 2.05) is 0 Å². The molecule has 1 fully saturated rings. The third-order valence-corrected chi connectivity index (χ3v) is 2.80. The largest absolute Gasteiger partial charge is 0.508 e. The fraction of sp³-hybridized carbons (Fsp3) is 0.455. The first kappa shape index (κ1) is 11.3. The molecule has 2 N–H and O–H groups in total. The van der Waals surface area contributed by atoms with Crippen LogP contribution in [-0.2, 0) is 6.18 Å². The molecular weight excluding hydrogens is 219 g/mol. The molecule has 0 spiro atoms. The Balaban J connectivity index is 2.48. The molecule has 1 aromatic rings. The van der Waals surface area contributed by atoms with Gasteiger partial charge < -0.3 is 10.4 Å². The van der Waals surface area contributed by atoms with Crippen molar-refractivity contribution >= 4 is 0 Å². The van der Waals surface area contributed by atoms with Gasteiger partial charge in [-0.1, -0.05) is 6.07 Å². The van der Waals surface area contributed by atoms with Crippen LogP contribution in [0.5, 0.6) is 5.75 Å². The molecule has 1 atom stereocenters. The maximum atomic E-state index is 12.7. The van der Waals surface area contributed by atoms with E-state index in [0.717, 1.165) is 12.5 Å². The normalized spacial score (nSPS) is 21.3. The van der Waals surface area contributed by atoms with Gasteiger partial charge in [0, 0.05) is 11.6 Å². The van der Waals surface area contributed by atoms with Crippen molar-refractivity contribution in [2.45, 2.75) is 25.1 Å². The van der Waals surface area contributed by atoms with Gasteiger partial charge in [-0.2, -0.15) is 13.2 Å². The Morgan fingerprint density at radius 2 is 2.06 bits per heavy atom. The number of hydrogen-bond acceptors (Lipinski definition) is 2. The first-order chi connectivity index (χ1) is 7.50. The highest BCUT2D eigenvalue weighted by atomic mass is 19.4. The van der Waals surface area contributed by atoms with Gasteiger partial charge in [0.05, 0.1) is 5.56 Å². The molecule has 2 rings (SSSR count). The van der Waals surface area contributed by atoms with E-state index in [0.29, 0.717) is 13.0 Å². The van der Waals surface area contributed by atoms with Gasteiger partial charge in [-0.05, 0) is 31.5 Å². The van der Waals surface area contributed by atoms with Crippen LogP contribution in [0.3, 0.4) is 0 Å². The highest BCUT2D eigenvalue weighted by molar-refractivity contribution is 5.43. The maximum absolute atomic E-state index is 12.7. The van der Waals surface area contributed by atoms with Gasteiger partial charge in [0.25, 0.3) is 0 Å². The molecular formula is C11H12F3NO. The van der Waals surface area contributed by atoms with Crippen LogP contribution in [0.15, 0.2) is 18.2 Å². The van der Waals surface area contributed by atoms with Gasteiger partial charge in [-0.25, -0.2) is 0 Å². The van der Waals surface area contributed by atoms with E-state index in [4.69, 9.17) is 0 Å². The molecule has 1 aliphatic rings. The zero-order valence-corrected chi connectivity index (χ0v) is 8.51. The van der Waals surface area contributed by atoms with Crippen LogP contribution in [0, 0.1) is 0 Å². The third kappa shape index (κ3) is 2.00. The lowest BCUT2D eigenvalue weighted by Crippen LogP contribution is -2.18. The van der Waals surface area contributed by atoms with Crippen LogP contribution in [0.1, 0.15) is 30.0 Å². The van der Waals surface area contributed by atoms with Crippen LogP contribution in [0.2, 0.25) is 0 Å². The Labute approximate surface area is 91.1 Å². The van der Waals surface area contributed by atoms with Crippen molar-refractivity contribution in [2.75, 3.05) is 6.54 Å². The molecule has 0 amide bonds. The summed E-state index contributed by atoms with van der Waals surface area (Å²) in [4.78, 5) is 0. The van der Waals surface area contributed by atoms with Gasteiger partial charge in [-0.3, -0.25) is 0 Å². The first-order valence-electron chi connectivity index (χ1n) is 5.12. The number of benzene rings is 1. The quantitative estimate of drug-likeness (QED) is 0.779. The van der Waals surface area contributed by atoms with Crippen LogP contribution < -0.4 is 5.32 Å². The van der Waals surface area contributed by atoms with E-state index in [1.165, 1.54) is 12.1 Å². The zero-order valence-electron chi connectivity index (χ0n) is 8.51. The monoisotopic (exact) mass is 231 g/mol. The maximum Gasteiger partial charge on any atom is 0.416 e. The molecule has 1 aliphatic heterocycles. The van der Waals surface area contributed by atoms with Gasteiger partial charge in [0.2, 0.25) is 0 Å². The summed E-state index contributed by atoms with van der Waals surface area (Å²) in [5.74, 6) is -0.283.